The van der Waals surface area contributed by atoms with Crippen molar-refractivity contribution in [3.8, 4) is 0 Å². The lowest BCUT2D eigenvalue weighted by Crippen LogP contribution is -2.24. The lowest BCUT2D eigenvalue weighted by molar-refractivity contribution is 0.0521. The fourth-order valence-corrected chi connectivity index (χ4v) is 3.31. The van der Waals surface area contributed by atoms with Crippen molar-refractivity contribution in [2.75, 3.05) is 18.5 Å². The Kier molecular flexibility index (Phi) is 5.19. The lowest BCUT2D eigenvalue weighted by atomic mass is 9.80. The fraction of sp³-hybridized carbons (Fsp3) is 0.714. The second kappa shape index (κ2) is 6.89. The van der Waals surface area contributed by atoms with Crippen LogP contribution in [0.4, 0.5) is 5.00 Å². The first-order valence-corrected chi connectivity index (χ1v) is 7.94. The zero-order valence-electron chi connectivity index (χ0n) is 11.6. The molecule has 1 fully saturated rings. The molecule has 1 aromatic rings. The third kappa shape index (κ3) is 3.69. The summed E-state index contributed by atoms with van der Waals surface area (Å²) < 4.78 is 5.01. The van der Waals surface area contributed by atoms with Crippen molar-refractivity contribution in [3.63, 3.8) is 0 Å². The Morgan fingerprint density at radius 2 is 2.32 bits per heavy atom. The fourth-order valence-electron chi connectivity index (χ4n) is 2.64. The Labute approximate surface area is 118 Å². The zero-order chi connectivity index (χ0) is 13.7. The molecule has 0 aliphatic heterocycles. The van der Waals surface area contributed by atoms with Crippen LogP contribution >= 0.6 is 11.3 Å². The molecule has 0 spiro atoms. The van der Waals surface area contributed by atoms with Crippen molar-refractivity contribution in [3.05, 3.63) is 11.2 Å². The molecule has 106 valence electrons. The molecule has 1 aliphatic rings. The van der Waals surface area contributed by atoms with Gasteiger partial charge in [-0.25, -0.2) is 9.78 Å². The number of nitrogens with zero attached hydrogens (tertiary/aromatic N) is 1. The monoisotopic (exact) mass is 282 g/mol. The van der Waals surface area contributed by atoms with E-state index in [0.717, 1.165) is 17.5 Å². The summed E-state index contributed by atoms with van der Waals surface area (Å²) in [7, 11) is 0. The van der Waals surface area contributed by atoms with Crippen LogP contribution in [0.15, 0.2) is 5.51 Å². The molecule has 1 aliphatic carbocycles. The third-order valence-corrected chi connectivity index (χ3v) is 4.63. The summed E-state index contributed by atoms with van der Waals surface area (Å²) in [5.74, 6) is 1.13. The summed E-state index contributed by atoms with van der Waals surface area (Å²) in [5, 5.41) is 4.23. The highest BCUT2D eigenvalue weighted by atomic mass is 32.1. The number of esters is 1. The summed E-state index contributed by atoms with van der Waals surface area (Å²) in [6, 6.07) is 0. The van der Waals surface area contributed by atoms with Gasteiger partial charge in [-0.15, -0.1) is 11.3 Å². The van der Waals surface area contributed by atoms with Crippen molar-refractivity contribution in [1.29, 1.82) is 0 Å². The maximum atomic E-state index is 11.7. The molecular weight excluding hydrogens is 260 g/mol. The van der Waals surface area contributed by atoms with E-state index in [0.29, 0.717) is 18.2 Å². The molecule has 0 radical (unpaired) electrons. The molecule has 5 heteroatoms. The number of hydrogen-bond acceptors (Lipinski definition) is 5. The van der Waals surface area contributed by atoms with E-state index < -0.39 is 0 Å². The Hall–Kier alpha value is -1.10. The van der Waals surface area contributed by atoms with Gasteiger partial charge in [-0.3, -0.25) is 0 Å². The summed E-state index contributed by atoms with van der Waals surface area (Å²) >= 11 is 1.47. The molecule has 1 heterocycles. The second-order valence-electron chi connectivity index (χ2n) is 5.15. The maximum Gasteiger partial charge on any atom is 0.360 e. The smallest absolute Gasteiger partial charge is 0.360 e. The lowest BCUT2D eigenvalue weighted by Gasteiger charge is -2.28. The number of carbonyl (C=O) groups is 1. The Morgan fingerprint density at radius 3 is 3.05 bits per heavy atom. The van der Waals surface area contributed by atoms with Crippen molar-refractivity contribution in [2.45, 2.75) is 39.5 Å². The number of ether oxygens (including phenoxy) is 1. The maximum absolute atomic E-state index is 11.7. The van der Waals surface area contributed by atoms with E-state index in [1.807, 2.05) is 0 Å². The average molecular weight is 282 g/mol. The molecule has 1 N–H and O–H groups in total. The quantitative estimate of drug-likeness (QED) is 0.839. The van der Waals surface area contributed by atoms with Crippen molar-refractivity contribution in [2.24, 2.45) is 11.8 Å². The number of rotatable bonds is 5. The Balaban J connectivity index is 1.92. The largest absolute Gasteiger partial charge is 0.461 e. The van der Waals surface area contributed by atoms with Gasteiger partial charge in [0.05, 0.1) is 12.1 Å². The molecule has 19 heavy (non-hydrogen) atoms. The van der Waals surface area contributed by atoms with Crippen molar-refractivity contribution >= 4 is 22.3 Å². The minimum atomic E-state index is -0.331. The summed E-state index contributed by atoms with van der Waals surface area (Å²) in [5.41, 5.74) is 2.12. The van der Waals surface area contributed by atoms with Gasteiger partial charge in [0.15, 0.2) is 5.69 Å². The van der Waals surface area contributed by atoms with Crippen LogP contribution in [0, 0.1) is 11.8 Å². The first kappa shape index (κ1) is 14.3. The van der Waals surface area contributed by atoms with E-state index in [1.165, 1.54) is 37.0 Å². The zero-order valence-corrected chi connectivity index (χ0v) is 12.5. The third-order valence-electron chi connectivity index (χ3n) is 3.85. The SMILES string of the molecule is CCOC(=O)c1ncsc1NCC1CCCCC1C. The van der Waals surface area contributed by atoms with E-state index in [4.69, 9.17) is 4.74 Å². The van der Waals surface area contributed by atoms with Gasteiger partial charge in [0.2, 0.25) is 0 Å². The van der Waals surface area contributed by atoms with Gasteiger partial charge in [0.1, 0.15) is 5.00 Å². The molecule has 2 rings (SSSR count). The summed E-state index contributed by atoms with van der Waals surface area (Å²) in [4.78, 5) is 15.8. The van der Waals surface area contributed by atoms with Crippen LogP contribution in [-0.2, 0) is 4.74 Å². The number of carbonyl (C=O) groups excluding carboxylic acids is 1. The van der Waals surface area contributed by atoms with Gasteiger partial charge in [-0.1, -0.05) is 26.2 Å². The predicted molar refractivity (Wildman–Crippen MR) is 77.7 cm³/mol. The first-order valence-electron chi connectivity index (χ1n) is 7.06. The number of nitrogens with one attached hydrogen (secondary N) is 1. The highest BCUT2D eigenvalue weighted by Crippen LogP contribution is 2.30. The average Bonchev–Trinajstić information content (AvgIpc) is 2.86. The molecule has 0 bridgehead atoms. The van der Waals surface area contributed by atoms with Gasteiger partial charge < -0.3 is 10.1 Å². The Morgan fingerprint density at radius 1 is 1.53 bits per heavy atom. The molecule has 0 amide bonds. The van der Waals surface area contributed by atoms with Gasteiger partial charge in [-0.2, -0.15) is 0 Å². The molecule has 1 aromatic heterocycles. The van der Waals surface area contributed by atoms with Crippen LogP contribution in [0.2, 0.25) is 0 Å². The highest BCUT2D eigenvalue weighted by molar-refractivity contribution is 7.14. The van der Waals surface area contributed by atoms with Gasteiger partial charge in [0, 0.05) is 6.54 Å². The molecule has 4 nitrogen and oxygen atoms in total. The number of hydrogen-bond donors (Lipinski definition) is 1. The van der Waals surface area contributed by atoms with E-state index in [2.05, 4.69) is 17.2 Å². The first-order chi connectivity index (χ1) is 9.22. The van der Waals surface area contributed by atoms with Crippen LogP contribution in [-0.4, -0.2) is 24.1 Å². The minimum Gasteiger partial charge on any atom is -0.461 e. The van der Waals surface area contributed by atoms with E-state index in [-0.39, 0.29) is 5.97 Å². The normalized spacial score (nSPS) is 23.1. The van der Waals surface area contributed by atoms with Gasteiger partial charge >= 0.3 is 5.97 Å². The Bertz CT molecular complexity index is 419. The van der Waals surface area contributed by atoms with Crippen LogP contribution < -0.4 is 5.32 Å². The molecule has 0 saturated heterocycles. The standard InChI is InChI=1S/C14H22N2O2S/c1-3-18-14(17)12-13(19-9-16-12)15-8-11-7-5-4-6-10(11)2/h9-11,15H,3-8H2,1-2H3. The molecule has 1 saturated carbocycles. The van der Waals surface area contributed by atoms with E-state index >= 15 is 0 Å². The molecular formula is C14H22N2O2S. The summed E-state index contributed by atoms with van der Waals surface area (Å²) in [6.07, 6.45) is 5.28. The minimum absolute atomic E-state index is 0.331. The van der Waals surface area contributed by atoms with E-state index in [9.17, 15) is 4.79 Å². The molecule has 2 unspecified atom stereocenters. The highest BCUT2D eigenvalue weighted by Gasteiger charge is 2.22. The number of anilines is 1. The van der Waals surface area contributed by atoms with Crippen LogP contribution in [0.5, 0.6) is 0 Å². The topological polar surface area (TPSA) is 51.2 Å². The summed E-state index contributed by atoms with van der Waals surface area (Å²) in [6.45, 7) is 5.44. The van der Waals surface area contributed by atoms with Gasteiger partial charge in [-0.05, 0) is 25.2 Å². The molecule has 0 aromatic carbocycles. The van der Waals surface area contributed by atoms with Crippen molar-refractivity contribution < 1.29 is 9.53 Å². The second-order valence-corrected chi connectivity index (χ2v) is 6.01. The van der Waals surface area contributed by atoms with Gasteiger partial charge in [0.25, 0.3) is 0 Å². The number of thiazole rings is 1. The van der Waals surface area contributed by atoms with Crippen LogP contribution in [0.3, 0.4) is 0 Å². The van der Waals surface area contributed by atoms with Crippen molar-refractivity contribution in [1.82, 2.24) is 4.98 Å². The van der Waals surface area contributed by atoms with Crippen LogP contribution in [0.1, 0.15) is 50.0 Å². The van der Waals surface area contributed by atoms with Crippen LogP contribution in [0.25, 0.3) is 0 Å². The van der Waals surface area contributed by atoms with E-state index in [1.54, 1.807) is 12.4 Å². The molecule has 2 atom stereocenters. The predicted octanol–water partition coefficient (Wildman–Crippen LogP) is 3.56. The number of aromatic nitrogens is 1.